The van der Waals surface area contributed by atoms with Crippen LogP contribution in [0.3, 0.4) is 0 Å². The second-order valence-electron chi connectivity index (χ2n) is 5.79. The Morgan fingerprint density at radius 2 is 2.04 bits per heavy atom. The van der Waals surface area contributed by atoms with Crippen molar-refractivity contribution in [2.75, 3.05) is 0 Å². The van der Waals surface area contributed by atoms with E-state index in [1.807, 2.05) is 12.1 Å². The van der Waals surface area contributed by atoms with Gasteiger partial charge in [0.25, 0.3) is 5.56 Å². The fraction of sp³-hybridized carbons (Fsp3) is 0.100. The first kappa shape index (κ1) is 17.1. The summed E-state index contributed by atoms with van der Waals surface area (Å²) in [6.07, 6.45) is 3.56. The lowest BCUT2D eigenvalue weighted by molar-refractivity contribution is 0.0696. The van der Waals surface area contributed by atoms with E-state index in [-0.39, 0.29) is 11.1 Å². The van der Waals surface area contributed by atoms with Gasteiger partial charge >= 0.3 is 5.97 Å². The van der Waals surface area contributed by atoms with Crippen LogP contribution in [0, 0.1) is 11.3 Å². The van der Waals surface area contributed by atoms with Crippen molar-refractivity contribution in [1.29, 1.82) is 5.26 Å². The van der Waals surface area contributed by atoms with E-state index in [0.29, 0.717) is 24.2 Å². The lowest BCUT2D eigenvalue weighted by atomic mass is 10.0. The number of carboxylic acid groups (broad SMARTS) is 1. The van der Waals surface area contributed by atoms with E-state index < -0.39 is 5.97 Å². The van der Waals surface area contributed by atoms with Gasteiger partial charge in [0.1, 0.15) is 0 Å². The van der Waals surface area contributed by atoms with E-state index in [0.717, 1.165) is 11.1 Å². The van der Waals surface area contributed by atoms with Gasteiger partial charge in [0, 0.05) is 30.6 Å². The fourth-order valence-corrected chi connectivity index (χ4v) is 2.67. The summed E-state index contributed by atoms with van der Waals surface area (Å²) in [5.41, 5.74) is 2.73. The molecule has 6 nitrogen and oxygen atoms in total. The number of nitriles is 1. The van der Waals surface area contributed by atoms with Crippen molar-refractivity contribution in [3.8, 4) is 6.07 Å². The monoisotopic (exact) mass is 345 g/mol. The molecule has 3 aromatic rings. The fourth-order valence-electron chi connectivity index (χ4n) is 2.67. The number of hydrogen-bond donors (Lipinski definition) is 1. The Hall–Kier alpha value is -3.72. The smallest absolute Gasteiger partial charge is 0.335 e. The molecule has 0 amide bonds. The normalized spacial score (nSPS) is 10.3. The average Bonchev–Trinajstić information content (AvgIpc) is 2.65. The van der Waals surface area contributed by atoms with Crippen molar-refractivity contribution >= 4 is 5.97 Å². The van der Waals surface area contributed by atoms with Gasteiger partial charge in [-0.1, -0.05) is 18.2 Å². The maximum absolute atomic E-state index is 11.8. The van der Waals surface area contributed by atoms with Crippen molar-refractivity contribution < 1.29 is 9.90 Å². The Labute approximate surface area is 149 Å². The van der Waals surface area contributed by atoms with E-state index in [4.69, 9.17) is 5.11 Å². The molecule has 6 heteroatoms. The molecular formula is C20H15N3O3. The summed E-state index contributed by atoms with van der Waals surface area (Å²) < 4.78 is 1.54. The van der Waals surface area contributed by atoms with Gasteiger partial charge in [-0.25, -0.2) is 4.79 Å². The van der Waals surface area contributed by atoms with Crippen molar-refractivity contribution in [3.05, 3.63) is 99.2 Å². The third kappa shape index (κ3) is 3.84. The summed E-state index contributed by atoms with van der Waals surface area (Å²) in [4.78, 5) is 27.1. The SMILES string of the molecule is N#Cc1cc(Cc2cc(C(=O)O)ccn2)ccc1Cn1ccccc1=O. The largest absolute Gasteiger partial charge is 0.478 e. The molecule has 0 radical (unpaired) electrons. The third-order valence-electron chi connectivity index (χ3n) is 3.98. The molecule has 0 bridgehead atoms. The van der Waals surface area contributed by atoms with Crippen LogP contribution in [0.4, 0.5) is 0 Å². The predicted octanol–water partition coefficient (Wildman–Crippen LogP) is 2.45. The standard InChI is InChI=1S/C20H15N3O3/c21-12-17-9-14(10-18-11-15(20(25)26)6-7-22-18)4-5-16(17)13-23-8-2-1-3-19(23)24/h1-9,11H,10,13H2,(H,25,26). The molecule has 0 spiro atoms. The molecule has 0 fully saturated rings. The number of carbonyl (C=O) groups is 1. The Balaban J connectivity index is 1.86. The molecule has 0 aliphatic carbocycles. The molecule has 128 valence electrons. The van der Waals surface area contributed by atoms with Crippen LogP contribution in [0.15, 0.2) is 65.7 Å². The highest BCUT2D eigenvalue weighted by Crippen LogP contribution is 2.16. The average molecular weight is 345 g/mol. The first-order valence-corrected chi connectivity index (χ1v) is 7.92. The first-order chi connectivity index (χ1) is 12.6. The van der Waals surface area contributed by atoms with Gasteiger partial charge in [-0.05, 0) is 35.4 Å². The van der Waals surface area contributed by atoms with Crippen LogP contribution in [-0.2, 0) is 13.0 Å². The maximum Gasteiger partial charge on any atom is 0.335 e. The van der Waals surface area contributed by atoms with Crippen LogP contribution in [0.2, 0.25) is 0 Å². The second-order valence-corrected chi connectivity index (χ2v) is 5.79. The van der Waals surface area contributed by atoms with Crippen molar-refractivity contribution in [3.63, 3.8) is 0 Å². The quantitative estimate of drug-likeness (QED) is 0.766. The molecule has 0 aliphatic heterocycles. The van der Waals surface area contributed by atoms with Crippen LogP contribution in [0.25, 0.3) is 0 Å². The van der Waals surface area contributed by atoms with E-state index >= 15 is 0 Å². The summed E-state index contributed by atoms with van der Waals surface area (Å²) in [5, 5.41) is 18.5. The van der Waals surface area contributed by atoms with Gasteiger partial charge < -0.3 is 9.67 Å². The van der Waals surface area contributed by atoms with Crippen molar-refractivity contribution in [2.24, 2.45) is 0 Å². The first-order valence-electron chi connectivity index (χ1n) is 7.92. The molecular weight excluding hydrogens is 330 g/mol. The molecule has 0 unspecified atom stereocenters. The zero-order valence-corrected chi connectivity index (χ0v) is 13.8. The molecule has 0 aliphatic rings. The molecule has 2 aromatic heterocycles. The number of aromatic carboxylic acids is 1. The maximum atomic E-state index is 11.8. The lowest BCUT2D eigenvalue weighted by Crippen LogP contribution is -2.18. The zero-order chi connectivity index (χ0) is 18.5. The number of nitrogens with zero attached hydrogens (tertiary/aromatic N) is 3. The van der Waals surface area contributed by atoms with Gasteiger partial charge in [0.15, 0.2) is 0 Å². The predicted molar refractivity (Wildman–Crippen MR) is 95.0 cm³/mol. The summed E-state index contributed by atoms with van der Waals surface area (Å²) in [6, 6.07) is 15.5. The number of rotatable bonds is 5. The van der Waals surface area contributed by atoms with Crippen LogP contribution < -0.4 is 5.56 Å². The molecule has 1 aromatic carbocycles. The third-order valence-corrected chi connectivity index (χ3v) is 3.98. The topological polar surface area (TPSA) is 96.0 Å². The van der Waals surface area contributed by atoms with E-state index in [2.05, 4.69) is 11.1 Å². The molecule has 2 heterocycles. The molecule has 0 atom stereocenters. The Morgan fingerprint density at radius 1 is 1.19 bits per heavy atom. The zero-order valence-electron chi connectivity index (χ0n) is 13.8. The number of carboxylic acids is 1. The van der Waals surface area contributed by atoms with Gasteiger partial charge in [0.05, 0.1) is 23.7 Å². The van der Waals surface area contributed by atoms with E-state index in [9.17, 15) is 14.9 Å². The molecule has 0 saturated carbocycles. The van der Waals surface area contributed by atoms with Crippen LogP contribution >= 0.6 is 0 Å². The van der Waals surface area contributed by atoms with E-state index in [1.165, 1.54) is 29.0 Å². The summed E-state index contributed by atoms with van der Waals surface area (Å²) >= 11 is 0. The number of aromatic nitrogens is 2. The van der Waals surface area contributed by atoms with E-state index in [1.54, 1.807) is 24.4 Å². The Bertz CT molecular complexity index is 1060. The van der Waals surface area contributed by atoms with Crippen molar-refractivity contribution in [2.45, 2.75) is 13.0 Å². The van der Waals surface area contributed by atoms with Crippen molar-refractivity contribution in [1.82, 2.24) is 9.55 Å². The van der Waals surface area contributed by atoms with Gasteiger partial charge in [-0.2, -0.15) is 5.26 Å². The Morgan fingerprint density at radius 3 is 2.77 bits per heavy atom. The van der Waals surface area contributed by atoms with Crippen LogP contribution in [0.1, 0.15) is 32.7 Å². The van der Waals surface area contributed by atoms with Gasteiger partial charge in [-0.3, -0.25) is 9.78 Å². The highest BCUT2D eigenvalue weighted by atomic mass is 16.4. The molecule has 3 rings (SSSR count). The minimum absolute atomic E-state index is 0.129. The number of benzene rings is 1. The molecule has 1 N–H and O–H groups in total. The number of pyridine rings is 2. The Kier molecular flexibility index (Phi) is 4.90. The minimum atomic E-state index is -1.00. The molecule has 26 heavy (non-hydrogen) atoms. The highest BCUT2D eigenvalue weighted by molar-refractivity contribution is 5.87. The lowest BCUT2D eigenvalue weighted by Gasteiger charge is -2.09. The van der Waals surface area contributed by atoms with Gasteiger partial charge in [0.2, 0.25) is 0 Å². The summed E-state index contributed by atoms with van der Waals surface area (Å²) in [6.45, 7) is 0.315. The van der Waals surface area contributed by atoms with Crippen LogP contribution in [-0.4, -0.2) is 20.6 Å². The summed E-state index contributed by atoms with van der Waals surface area (Å²) in [7, 11) is 0. The summed E-state index contributed by atoms with van der Waals surface area (Å²) in [5.74, 6) is -1.00. The minimum Gasteiger partial charge on any atom is -0.478 e. The second kappa shape index (κ2) is 7.45. The molecule has 0 saturated heterocycles. The van der Waals surface area contributed by atoms with Crippen LogP contribution in [0.5, 0.6) is 0 Å². The van der Waals surface area contributed by atoms with Gasteiger partial charge in [-0.15, -0.1) is 0 Å². The highest BCUT2D eigenvalue weighted by Gasteiger charge is 2.08. The number of hydrogen-bond acceptors (Lipinski definition) is 4.